The first kappa shape index (κ1) is 23.7. The summed E-state index contributed by atoms with van der Waals surface area (Å²) < 4.78 is 30.3. The summed E-state index contributed by atoms with van der Waals surface area (Å²) in [5.41, 5.74) is 2.18. The first-order valence-electron chi connectivity index (χ1n) is 10.9. The van der Waals surface area contributed by atoms with E-state index in [4.69, 9.17) is 4.42 Å². The molecule has 1 fully saturated rings. The van der Waals surface area contributed by atoms with E-state index >= 15 is 0 Å². The molecule has 0 unspecified atom stereocenters. The SMILES string of the molecule is CN1CCN([C@@H](C(=O)N(C)/N=C/c2ccc(-c3nnc(C(F)F)o3)cc2)c2ccccc2)CC1. The molecule has 178 valence electrons. The predicted molar refractivity (Wildman–Crippen MR) is 123 cm³/mol. The fraction of sp³-hybridized carbons (Fsp3) is 0.333. The van der Waals surface area contributed by atoms with E-state index in [1.807, 2.05) is 30.3 Å². The van der Waals surface area contributed by atoms with Gasteiger partial charge in [-0.25, -0.2) is 5.01 Å². The van der Waals surface area contributed by atoms with Gasteiger partial charge in [-0.3, -0.25) is 9.69 Å². The van der Waals surface area contributed by atoms with E-state index in [2.05, 4.69) is 32.1 Å². The van der Waals surface area contributed by atoms with Crippen LogP contribution in [-0.4, -0.2) is 77.4 Å². The van der Waals surface area contributed by atoms with Gasteiger partial charge in [0, 0.05) is 38.8 Å². The minimum absolute atomic E-state index is 0.0176. The van der Waals surface area contributed by atoms with Gasteiger partial charge in [0.2, 0.25) is 5.89 Å². The van der Waals surface area contributed by atoms with Crippen molar-refractivity contribution in [2.45, 2.75) is 12.5 Å². The van der Waals surface area contributed by atoms with Gasteiger partial charge in [-0.15, -0.1) is 10.2 Å². The fourth-order valence-corrected chi connectivity index (χ4v) is 3.76. The number of hydrogen-bond donors (Lipinski definition) is 0. The number of amides is 1. The molecule has 1 atom stereocenters. The summed E-state index contributed by atoms with van der Waals surface area (Å²) in [5, 5.41) is 12.7. The number of nitrogens with zero attached hydrogens (tertiary/aromatic N) is 6. The van der Waals surface area contributed by atoms with Crippen molar-refractivity contribution in [2.24, 2.45) is 5.10 Å². The Balaban J connectivity index is 1.46. The first-order chi connectivity index (χ1) is 16.4. The maximum absolute atomic E-state index is 13.4. The lowest BCUT2D eigenvalue weighted by molar-refractivity contribution is -0.136. The van der Waals surface area contributed by atoms with Crippen LogP contribution in [-0.2, 0) is 4.79 Å². The Bertz CT molecular complexity index is 1110. The van der Waals surface area contributed by atoms with Gasteiger partial charge in [0.1, 0.15) is 6.04 Å². The minimum Gasteiger partial charge on any atom is -0.415 e. The molecule has 0 aliphatic carbocycles. The van der Waals surface area contributed by atoms with Crippen LogP contribution in [0.2, 0.25) is 0 Å². The van der Waals surface area contributed by atoms with Crippen LogP contribution in [0, 0.1) is 0 Å². The number of piperazine rings is 1. The smallest absolute Gasteiger partial charge is 0.314 e. The molecule has 3 aromatic rings. The van der Waals surface area contributed by atoms with Crippen molar-refractivity contribution < 1.29 is 18.0 Å². The number of alkyl halides is 2. The molecule has 1 saturated heterocycles. The Kier molecular flexibility index (Phi) is 7.39. The number of rotatable bonds is 7. The zero-order valence-electron chi connectivity index (χ0n) is 19.0. The summed E-state index contributed by atoms with van der Waals surface area (Å²) in [6.45, 7) is 3.39. The average molecular weight is 469 g/mol. The first-order valence-corrected chi connectivity index (χ1v) is 10.9. The number of hydrazone groups is 1. The molecule has 2 heterocycles. The summed E-state index contributed by atoms with van der Waals surface area (Å²) in [5.74, 6) is -0.813. The number of aromatic nitrogens is 2. The highest BCUT2D eigenvalue weighted by molar-refractivity contribution is 5.86. The molecule has 0 saturated carbocycles. The summed E-state index contributed by atoms with van der Waals surface area (Å²) in [6.07, 6.45) is -1.24. The van der Waals surface area contributed by atoms with Gasteiger partial charge < -0.3 is 9.32 Å². The highest BCUT2D eigenvalue weighted by Crippen LogP contribution is 2.25. The molecule has 1 aliphatic heterocycles. The maximum atomic E-state index is 13.4. The Hall–Kier alpha value is -3.50. The Morgan fingerprint density at radius 2 is 1.74 bits per heavy atom. The molecule has 0 spiro atoms. The molecule has 1 amide bonds. The summed E-state index contributed by atoms with van der Waals surface area (Å²) >= 11 is 0. The van der Waals surface area contributed by atoms with Gasteiger partial charge in [-0.2, -0.15) is 13.9 Å². The fourth-order valence-electron chi connectivity index (χ4n) is 3.76. The predicted octanol–water partition coefficient (Wildman–Crippen LogP) is 3.46. The summed E-state index contributed by atoms with van der Waals surface area (Å²) in [7, 11) is 3.72. The van der Waals surface area contributed by atoms with Crippen LogP contribution in [0.15, 0.2) is 64.1 Å². The van der Waals surface area contributed by atoms with Crippen LogP contribution < -0.4 is 0 Å². The van der Waals surface area contributed by atoms with Crippen LogP contribution in [0.4, 0.5) is 8.78 Å². The number of likely N-dealkylation sites (N-methyl/N-ethyl adjacent to an activating group) is 2. The van der Waals surface area contributed by atoms with E-state index in [0.29, 0.717) is 5.56 Å². The third-order valence-corrected chi connectivity index (χ3v) is 5.74. The van der Waals surface area contributed by atoms with E-state index in [9.17, 15) is 13.6 Å². The van der Waals surface area contributed by atoms with E-state index in [1.54, 1.807) is 37.5 Å². The van der Waals surface area contributed by atoms with Crippen molar-refractivity contribution in [3.63, 3.8) is 0 Å². The number of halogens is 2. The Morgan fingerprint density at radius 3 is 2.35 bits per heavy atom. The van der Waals surface area contributed by atoms with Crippen molar-refractivity contribution in [3.05, 3.63) is 71.6 Å². The van der Waals surface area contributed by atoms with Crippen molar-refractivity contribution in [3.8, 4) is 11.5 Å². The van der Waals surface area contributed by atoms with E-state index in [1.165, 1.54) is 5.01 Å². The normalized spacial score (nSPS) is 16.3. The van der Waals surface area contributed by atoms with E-state index < -0.39 is 18.4 Å². The van der Waals surface area contributed by atoms with Gasteiger partial charge in [0.25, 0.3) is 11.8 Å². The van der Waals surface area contributed by atoms with E-state index in [-0.39, 0.29) is 11.8 Å². The lowest BCUT2D eigenvalue weighted by Crippen LogP contribution is -2.49. The molecular weight excluding hydrogens is 442 g/mol. The van der Waals surface area contributed by atoms with Crippen molar-refractivity contribution in [1.82, 2.24) is 25.0 Å². The summed E-state index contributed by atoms with van der Waals surface area (Å²) in [4.78, 5) is 17.8. The van der Waals surface area contributed by atoms with Gasteiger partial charge in [-0.1, -0.05) is 42.5 Å². The zero-order chi connectivity index (χ0) is 24.1. The second kappa shape index (κ2) is 10.6. The summed E-state index contributed by atoms with van der Waals surface area (Å²) in [6, 6.07) is 16.1. The zero-order valence-corrected chi connectivity index (χ0v) is 19.0. The van der Waals surface area contributed by atoms with Crippen LogP contribution in [0.1, 0.15) is 29.5 Å². The number of benzene rings is 2. The molecule has 8 nitrogen and oxygen atoms in total. The van der Waals surface area contributed by atoms with Crippen LogP contribution >= 0.6 is 0 Å². The molecule has 0 bridgehead atoms. The lowest BCUT2D eigenvalue weighted by atomic mass is 10.0. The number of hydrogen-bond acceptors (Lipinski definition) is 7. The molecule has 1 aliphatic rings. The Morgan fingerprint density at radius 1 is 1.06 bits per heavy atom. The third-order valence-electron chi connectivity index (χ3n) is 5.74. The molecule has 1 aromatic heterocycles. The van der Waals surface area contributed by atoms with Gasteiger partial charge in [0.15, 0.2) is 0 Å². The highest BCUT2D eigenvalue weighted by atomic mass is 19.3. The standard InChI is InChI=1S/C24H26F2N6O2/c1-30-12-14-32(15-13-30)20(18-6-4-3-5-7-18)24(33)31(2)27-16-17-8-10-19(11-9-17)22-28-29-23(34-22)21(25)26/h3-11,16,20-21H,12-15H2,1-2H3/b27-16+/t20-/m1/s1. The third kappa shape index (κ3) is 5.52. The molecular formula is C24H26F2N6O2. The molecule has 34 heavy (non-hydrogen) atoms. The van der Waals surface area contributed by atoms with Gasteiger partial charge >= 0.3 is 6.43 Å². The van der Waals surface area contributed by atoms with Crippen molar-refractivity contribution in [2.75, 3.05) is 40.3 Å². The molecule has 0 radical (unpaired) electrons. The van der Waals surface area contributed by atoms with Crippen molar-refractivity contribution >= 4 is 12.1 Å². The molecule has 4 rings (SSSR count). The molecule has 10 heteroatoms. The Labute approximate surface area is 196 Å². The van der Waals surface area contributed by atoms with Gasteiger partial charge in [0.05, 0.1) is 6.21 Å². The van der Waals surface area contributed by atoms with E-state index in [0.717, 1.165) is 37.3 Å². The van der Waals surface area contributed by atoms with Crippen LogP contribution in [0.25, 0.3) is 11.5 Å². The van der Waals surface area contributed by atoms with Crippen molar-refractivity contribution in [1.29, 1.82) is 0 Å². The van der Waals surface area contributed by atoms with Gasteiger partial charge in [-0.05, 0) is 30.3 Å². The lowest BCUT2D eigenvalue weighted by Gasteiger charge is -2.38. The maximum Gasteiger partial charge on any atom is 0.314 e. The number of carbonyl (C=O) groups excluding carboxylic acids is 1. The van der Waals surface area contributed by atoms with Crippen LogP contribution in [0.3, 0.4) is 0 Å². The minimum atomic E-state index is -2.81. The highest BCUT2D eigenvalue weighted by Gasteiger charge is 2.31. The average Bonchev–Trinajstić information content (AvgIpc) is 3.36. The molecule has 0 N–H and O–H groups in total. The quantitative estimate of drug-likeness (QED) is 0.391. The number of carbonyl (C=O) groups is 1. The topological polar surface area (TPSA) is 78.1 Å². The molecule has 2 aromatic carbocycles. The second-order valence-corrected chi connectivity index (χ2v) is 8.13. The largest absolute Gasteiger partial charge is 0.415 e. The second-order valence-electron chi connectivity index (χ2n) is 8.13. The monoisotopic (exact) mass is 468 g/mol. The van der Waals surface area contributed by atoms with Crippen LogP contribution in [0.5, 0.6) is 0 Å².